The minimum atomic E-state index is 0. The standard InChI is InChI=1S/C24H29N7.2ClH/c1-17(2)31-28-22-23(29-31)26-20-10-6-7-11-21(20)27-24(22)30-15-14-25-19(16-30)13-12-18-8-4-3-5-9-18;;/h3-11,17,19,25H,12-16H2,1-2H3,(H,26,29);2*1H/t19-;;/m0../s1. The predicted molar refractivity (Wildman–Crippen MR) is 139 cm³/mol. The van der Waals surface area contributed by atoms with E-state index < -0.39 is 0 Å². The molecule has 9 heteroatoms. The molecule has 3 heterocycles. The van der Waals surface area contributed by atoms with Crippen molar-refractivity contribution in [1.29, 1.82) is 0 Å². The van der Waals surface area contributed by atoms with Gasteiger partial charge in [-0.2, -0.15) is 4.80 Å². The van der Waals surface area contributed by atoms with Crippen LogP contribution >= 0.6 is 24.8 Å². The number of anilines is 2. The molecule has 0 unspecified atom stereocenters. The minimum Gasteiger partial charge on any atom is -0.352 e. The smallest absolute Gasteiger partial charge is 0.184 e. The second-order valence-electron chi connectivity index (χ2n) is 8.51. The summed E-state index contributed by atoms with van der Waals surface area (Å²) in [4.78, 5) is 9.21. The average Bonchev–Trinajstić information content (AvgIpc) is 3.15. The first-order chi connectivity index (χ1) is 15.2. The first-order valence-electron chi connectivity index (χ1n) is 11.1. The number of nitrogens with one attached hydrogen (secondary N) is 2. The van der Waals surface area contributed by atoms with Crippen molar-refractivity contribution in [1.82, 2.24) is 25.2 Å². The molecule has 0 bridgehead atoms. The van der Waals surface area contributed by atoms with Crippen LogP contribution in [0.25, 0.3) is 0 Å². The molecule has 0 spiro atoms. The van der Waals surface area contributed by atoms with Gasteiger partial charge < -0.3 is 15.5 Å². The molecule has 0 radical (unpaired) electrons. The van der Waals surface area contributed by atoms with Crippen molar-refractivity contribution in [3.63, 3.8) is 0 Å². The fraction of sp³-hybridized carbons (Fsp3) is 0.375. The van der Waals surface area contributed by atoms with E-state index in [0.29, 0.717) is 6.04 Å². The van der Waals surface area contributed by atoms with E-state index in [-0.39, 0.29) is 30.9 Å². The van der Waals surface area contributed by atoms with Crippen LogP contribution in [0.3, 0.4) is 0 Å². The summed E-state index contributed by atoms with van der Waals surface area (Å²) >= 11 is 0. The molecular formula is C24H31Cl2N7. The molecule has 2 aliphatic rings. The van der Waals surface area contributed by atoms with Gasteiger partial charge in [0.15, 0.2) is 17.3 Å². The molecule has 0 saturated carbocycles. The number of aromatic nitrogens is 3. The van der Waals surface area contributed by atoms with E-state index in [2.05, 4.69) is 59.7 Å². The largest absolute Gasteiger partial charge is 0.352 e. The van der Waals surface area contributed by atoms with Crippen LogP contribution < -0.4 is 10.6 Å². The monoisotopic (exact) mass is 487 g/mol. The number of hydrogen-bond donors (Lipinski definition) is 2. The van der Waals surface area contributed by atoms with Gasteiger partial charge in [0.05, 0.1) is 17.4 Å². The third-order valence-corrected chi connectivity index (χ3v) is 5.87. The van der Waals surface area contributed by atoms with Crippen molar-refractivity contribution >= 4 is 47.8 Å². The topological polar surface area (TPSA) is 70.4 Å². The van der Waals surface area contributed by atoms with Gasteiger partial charge in [-0.15, -0.1) is 35.0 Å². The van der Waals surface area contributed by atoms with Crippen molar-refractivity contribution in [2.75, 3.05) is 25.0 Å². The SMILES string of the molecule is CC(C)n1nc2c(n1)C(N1CCN[C@@H](CCc3ccccc3)C1)=Nc1ccccc1N2.Cl.Cl. The Balaban J connectivity index is 0.00000153. The van der Waals surface area contributed by atoms with E-state index in [1.807, 2.05) is 24.3 Å². The lowest BCUT2D eigenvalue weighted by atomic mass is 10.0. The van der Waals surface area contributed by atoms with Gasteiger partial charge in [0.2, 0.25) is 0 Å². The highest BCUT2D eigenvalue weighted by Crippen LogP contribution is 2.33. The summed E-state index contributed by atoms with van der Waals surface area (Å²) in [5, 5.41) is 16.7. The molecule has 1 saturated heterocycles. The summed E-state index contributed by atoms with van der Waals surface area (Å²) in [6.45, 7) is 6.92. The van der Waals surface area contributed by atoms with E-state index in [9.17, 15) is 0 Å². The van der Waals surface area contributed by atoms with Crippen molar-refractivity contribution in [2.24, 2.45) is 4.99 Å². The highest BCUT2D eigenvalue weighted by molar-refractivity contribution is 6.05. The summed E-state index contributed by atoms with van der Waals surface area (Å²) in [5.74, 6) is 1.68. The summed E-state index contributed by atoms with van der Waals surface area (Å²) in [6.07, 6.45) is 2.16. The Kier molecular flexibility index (Phi) is 8.35. The number of piperazine rings is 1. The summed E-state index contributed by atoms with van der Waals surface area (Å²) in [7, 11) is 0. The Morgan fingerprint density at radius 2 is 1.76 bits per heavy atom. The number of nitrogens with zero attached hydrogens (tertiary/aromatic N) is 5. The number of aryl methyl sites for hydroxylation is 1. The number of fused-ring (bicyclic) bond motifs is 2. The number of para-hydroxylation sites is 2. The summed E-state index contributed by atoms with van der Waals surface area (Å²) in [5.41, 5.74) is 4.10. The predicted octanol–water partition coefficient (Wildman–Crippen LogP) is 4.74. The molecule has 2 aromatic carbocycles. The molecule has 2 aliphatic heterocycles. The van der Waals surface area contributed by atoms with E-state index >= 15 is 0 Å². The highest BCUT2D eigenvalue weighted by atomic mass is 35.5. The van der Waals surface area contributed by atoms with E-state index in [1.165, 1.54) is 5.56 Å². The second-order valence-corrected chi connectivity index (χ2v) is 8.51. The summed E-state index contributed by atoms with van der Waals surface area (Å²) < 4.78 is 0. The molecule has 1 aromatic heterocycles. The lowest BCUT2D eigenvalue weighted by Crippen LogP contribution is -2.53. The van der Waals surface area contributed by atoms with Crippen LogP contribution in [0.5, 0.6) is 0 Å². The lowest BCUT2D eigenvalue weighted by Gasteiger charge is -2.35. The van der Waals surface area contributed by atoms with Crippen LogP contribution in [0.2, 0.25) is 0 Å². The number of benzene rings is 2. The van der Waals surface area contributed by atoms with Crippen LogP contribution in [0.15, 0.2) is 59.6 Å². The quantitative estimate of drug-likeness (QED) is 0.555. The second kappa shape index (κ2) is 11.0. The van der Waals surface area contributed by atoms with Gasteiger partial charge in [-0.3, -0.25) is 0 Å². The number of aliphatic imine (C=N–C) groups is 1. The molecule has 1 atom stereocenters. The van der Waals surface area contributed by atoms with Gasteiger partial charge >= 0.3 is 0 Å². The Labute approximate surface area is 207 Å². The van der Waals surface area contributed by atoms with Crippen molar-refractivity contribution in [2.45, 2.75) is 38.8 Å². The van der Waals surface area contributed by atoms with E-state index in [4.69, 9.17) is 15.2 Å². The molecule has 0 amide bonds. The third kappa shape index (κ3) is 5.49. The highest BCUT2D eigenvalue weighted by Gasteiger charge is 2.29. The Bertz CT molecular complexity index is 1080. The summed E-state index contributed by atoms with van der Waals surface area (Å²) in [6, 6.07) is 19.4. The Morgan fingerprint density at radius 1 is 1.00 bits per heavy atom. The van der Waals surface area contributed by atoms with Crippen molar-refractivity contribution in [3.8, 4) is 0 Å². The van der Waals surface area contributed by atoms with Crippen LogP contribution in [-0.2, 0) is 6.42 Å². The normalized spacial score (nSPS) is 17.0. The fourth-order valence-electron chi connectivity index (χ4n) is 4.18. The van der Waals surface area contributed by atoms with E-state index in [1.54, 1.807) is 4.80 Å². The lowest BCUT2D eigenvalue weighted by molar-refractivity contribution is 0.281. The maximum Gasteiger partial charge on any atom is 0.184 e. The molecule has 0 aliphatic carbocycles. The van der Waals surface area contributed by atoms with Crippen LogP contribution in [0.1, 0.15) is 37.6 Å². The third-order valence-electron chi connectivity index (χ3n) is 5.87. The minimum absolute atomic E-state index is 0. The Morgan fingerprint density at radius 3 is 2.55 bits per heavy atom. The van der Waals surface area contributed by atoms with Crippen LogP contribution in [0.4, 0.5) is 17.2 Å². The molecule has 33 heavy (non-hydrogen) atoms. The van der Waals surface area contributed by atoms with Gasteiger partial charge in [0.25, 0.3) is 0 Å². The first kappa shape index (κ1) is 25.0. The maximum absolute atomic E-state index is 5.07. The van der Waals surface area contributed by atoms with Crippen LogP contribution in [0, 0.1) is 0 Å². The molecule has 5 rings (SSSR count). The van der Waals surface area contributed by atoms with E-state index in [0.717, 1.165) is 61.2 Å². The number of hydrogen-bond acceptors (Lipinski definition) is 6. The molecular weight excluding hydrogens is 457 g/mol. The zero-order valence-electron chi connectivity index (χ0n) is 18.9. The van der Waals surface area contributed by atoms with Gasteiger partial charge in [0.1, 0.15) is 0 Å². The molecule has 2 N–H and O–H groups in total. The molecule has 7 nitrogen and oxygen atoms in total. The molecule has 3 aromatic rings. The fourth-order valence-corrected chi connectivity index (χ4v) is 4.18. The van der Waals surface area contributed by atoms with Gasteiger partial charge in [-0.1, -0.05) is 42.5 Å². The molecule has 1 fully saturated rings. The van der Waals surface area contributed by atoms with Gasteiger partial charge in [-0.05, 0) is 44.4 Å². The van der Waals surface area contributed by atoms with Crippen molar-refractivity contribution in [3.05, 3.63) is 65.9 Å². The Hall–Kier alpha value is -2.61. The van der Waals surface area contributed by atoms with Gasteiger partial charge in [-0.25, -0.2) is 4.99 Å². The molecule has 176 valence electrons. The number of amidine groups is 1. The zero-order valence-corrected chi connectivity index (χ0v) is 20.6. The van der Waals surface area contributed by atoms with Crippen molar-refractivity contribution < 1.29 is 0 Å². The zero-order chi connectivity index (χ0) is 21.2. The average molecular weight is 488 g/mol. The number of halogens is 2. The number of rotatable bonds is 4. The maximum atomic E-state index is 5.07. The van der Waals surface area contributed by atoms with Crippen LogP contribution in [-0.4, -0.2) is 51.4 Å². The first-order valence-corrected chi connectivity index (χ1v) is 11.1. The van der Waals surface area contributed by atoms with Gasteiger partial charge in [0, 0.05) is 25.7 Å².